The van der Waals surface area contributed by atoms with E-state index < -0.39 is 11.5 Å². The van der Waals surface area contributed by atoms with E-state index in [2.05, 4.69) is 10.3 Å². The van der Waals surface area contributed by atoms with Gasteiger partial charge in [0.25, 0.3) is 11.5 Å². The summed E-state index contributed by atoms with van der Waals surface area (Å²) in [5, 5.41) is 4.66. The zero-order chi connectivity index (χ0) is 22.0. The van der Waals surface area contributed by atoms with Crippen LogP contribution in [0.5, 0.6) is 11.5 Å². The Bertz CT molecular complexity index is 1330. The average molecular weight is 436 g/mol. The van der Waals surface area contributed by atoms with Gasteiger partial charge in [-0.15, -0.1) is 11.3 Å². The fourth-order valence-electron chi connectivity index (χ4n) is 3.39. The lowest BCUT2D eigenvalue weighted by atomic mass is 10.1. The Morgan fingerprint density at radius 1 is 1.16 bits per heavy atom. The van der Waals surface area contributed by atoms with Crippen LogP contribution in [0.3, 0.4) is 0 Å². The molecule has 0 atom stereocenters. The summed E-state index contributed by atoms with van der Waals surface area (Å²) in [4.78, 5) is 31.1. The summed E-state index contributed by atoms with van der Waals surface area (Å²) >= 11 is 1.31. The van der Waals surface area contributed by atoms with E-state index in [9.17, 15) is 9.59 Å². The van der Waals surface area contributed by atoms with Crippen molar-refractivity contribution in [1.29, 1.82) is 0 Å². The van der Waals surface area contributed by atoms with E-state index in [4.69, 9.17) is 9.47 Å². The summed E-state index contributed by atoms with van der Waals surface area (Å²) in [7, 11) is 3.13. The molecule has 0 bridgehead atoms. The summed E-state index contributed by atoms with van der Waals surface area (Å²) in [6, 6.07) is 12.9. The van der Waals surface area contributed by atoms with E-state index in [1.807, 2.05) is 36.6 Å². The standard InChI is InChI=1S/C23H21N3O4S/c1-4-14-7-5-6-8-18(14)25-21(27)17-12-24-23-26(22(17)28)19(13-31-23)16-11-15(29-2)9-10-20(16)30-3/h5-13H,4H2,1-3H3,(H,25,27). The van der Waals surface area contributed by atoms with Crippen molar-refractivity contribution < 1.29 is 14.3 Å². The van der Waals surface area contributed by atoms with Gasteiger partial charge in [-0.1, -0.05) is 25.1 Å². The van der Waals surface area contributed by atoms with E-state index in [0.717, 1.165) is 12.0 Å². The number of fused-ring (bicyclic) bond motifs is 1. The van der Waals surface area contributed by atoms with Gasteiger partial charge in [-0.25, -0.2) is 4.98 Å². The van der Waals surface area contributed by atoms with Crippen LogP contribution in [0.2, 0.25) is 0 Å². The third-order valence-electron chi connectivity index (χ3n) is 5.02. The first-order chi connectivity index (χ1) is 15.1. The maximum atomic E-state index is 13.3. The van der Waals surface area contributed by atoms with Gasteiger partial charge in [0.2, 0.25) is 0 Å². The maximum absolute atomic E-state index is 13.3. The summed E-state index contributed by atoms with van der Waals surface area (Å²) in [6.07, 6.45) is 2.09. The number of anilines is 1. The number of carbonyl (C=O) groups is 1. The highest BCUT2D eigenvalue weighted by molar-refractivity contribution is 7.15. The fourth-order valence-corrected chi connectivity index (χ4v) is 4.24. The lowest BCUT2D eigenvalue weighted by Crippen LogP contribution is -2.26. The highest BCUT2D eigenvalue weighted by Crippen LogP contribution is 2.35. The number of hydrogen-bond donors (Lipinski definition) is 1. The SMILES string of the molecule is CCc1ccccc1NC(=O)c1cnc2scc(-c3cc(OC)ccc3OC)n2c1=O. The van der Waals surface area contributed by atoms with Gasteiger partial charge >= 0.3 is 0 Å². The topological polar surface area (TPSA) is 81.9 Å². The normalized spacial score (nSPS) is 10.8. The van der Waals surface area contributed by atoms with Gasteiger partial charge in [0, 0.05) is 22.8 Å². The number of hydrogen-bond acceptors (Lipinski definition) is 6. The summed E-state index contributed by atoms with van der Waals surface area (Å²) in [5.74, 6) is 0.711. The second-order valence-corrected chi connectivity index (χ2v) is 7.58. The van der Waals surface area contributed by atoms with Crippen molar-refractivity contribution in [3.05, 3.63) is 75.5 Å². The second kappa shape index (κ2) is 8.61. The molecule has 0 saturated carbocycles. The van der Waals surface area contributed by atoms with E-state index in [0.29, 0.717) is 33.4 Å². The van der Waals surface area contributed by atoms with E-state index >= 15 is 0 Å². The van der Waals surface area contributed by atoms with Crippen molar-refractivity contribution in [3.63, 3.8) is 0 Å². The van der Waals surface area contributed by atoms with Gasteiger partial charge in [-0.2, -0.15) is 0 Å². The van der Waals surface area contributed by atoms with Gasteiger partial charge < -0.3 is 14.8 Å². The number of aromatic nitrogens is 2. The first-order valence-corrected chi connectivity index (χ1v) is 10.6. The molecule has 8 heteroatoms. The number of carbonyl (C=O) groups excluding carboxylic acids is 1. The smallest absolute Gasteiger partial charge is 0.271 e. The third kappa shape index (κ3) is 3.77. The van der Waals surface area contributed by atoms with Crippen molar-refractivity contribution >= 4 is 27.9 Å². The highest BCUT2D eigenvalue weighted by atomic mass is 32.1. The number of benzene rings is 2. The summed E-state index contributed by atoms with van der Waals surface area (Å²) < 4.78 is 12.2. The van der Waals surface area contributed by atoms with Crippen LogP contribution in [0, 0.1) is 0 Å². The quantitative estimate of drug-likeness (QED) is 0.490. The van der Waals surface area contributed by atoms with Crippen LogP contribution in [0.1, 0.15) is 22.8 Å². The molecule has 0 fully saturated rings. The lowest BCUT2D eigenvalue weighted by molar-refractivity contribution is 0.102. The first kappa shape index (κ1) is 20.6. The minimum Gasteiger partial charge on any atom is -0.497 e. The van der Waals surface area contributed by atoms with Gasteiger partial charge in [-0.3, -0.25) is 14.0 Å². The van der Waals surface area contributed by atoms with Gasteiger partial charge in [0.1, 0.15) is 17.1 Å². The molecular formula is C23H21N3O4S. The molecule has 0 aliphatic heterocycles. The lowest BCUT2D eigenvalue weighted by Gasteiger charge is -2.11. The molecule has 158 valence electrons. The molecule has 1 amide bonds. The average Bonchev–Trinajstić information content (AvgIpc) is 3.24. The van der Waals surface area contributed by atoms with Crippen molar-refractivity contribution in [2.24, 2.45) is 0 Å². The molecule has 4 rings (SSSR count). The van der Waals surface area contributed by atoms with Gasteiger partial charge in [0.15, 0.2) is 4.96 Å². The second-order valence-electron chi connectivity index (χ2n) is 6.75. The Morgan fingerprint density at radius 3 is 2.71 bits per heavy atom. The van der Waals surface area contributed by atoms with Crippen molar-refractivity contribution in [3.8, 4) is 22.8 Å². The number of methoxy groups -OCH3 is 2. The Balaban J connectivity index is 1.82. The molecule has 2 aromatic heterocycles. The number of amides is 1. The summed E-state index contributed by atoms with van der Waals surface area (Å²) in [6.45, 7) is 2.01. The Morgan fingerprint density at radius 2 is 1.97 bits per heavy atom. The van der Waals surface area contributed by atoms with Crippen LogP contribution in [0.4, 0.5) is 5.69 Å². The van der Waals surface area contributed by atoms with Crippen LogP contribution in [0.15, 0.2) is 58.8 Å². The van der Waals surface area contributed by atoms with Crippen molar-refractivity contribution in [1.82, 2.24) is 9.38 Å². The molecular weight excluding hydrogens is 414 g/mol. The van der Waals surface area contributed by atoms with Crippen LogP contribution in [-0.4, -0.2) is 29.5 Å². The summed E-state index contributed by atoms with van der Waals surface area (Å²) in [5.41, 5.74) is 2.44. The van der Waals surface area contributed by atoms with Crippen molar-refractivity contribution in [2.75, 3.05) is 19.5 Å². The zero-order valence-corrected chi connectivity index (χ0v) is 18.2. The number of nitrogens with one attached hydrogen (secondary N) is 1. The number of ether oxygens (including phenoxy) is 2. The minimum absolute atomic E-state index is 0.0371. The predicted molar refractivity (Wildman–Crippen MR) is 122 cm³/mol. The van der Waals surface area contributed by atoms with E-state index in [-0.39, 0.29) is 5.56 Å². The molecule has 1 N–H and O–H groups in total. The molecule has 0 radical (unpaired) electrons. The molecule has 0 aliphatic carbocycles. The molecule has 31 heavy (non-hydrogen) atoms. The molecule has 4 aromatic rings. The molecule has 0 aliphatic rings. The first-order valence-electron chi connectivity index (χ1n) is 9.68. The van der Waals surface area contributed by atoms with E-state index in [1.165, 1.54) is 21.9 Å². The molecule has 2 aromatic carbocycles. The molecule has 0 spiro atoms. The monoisotopic (exact) mass is 435 g/mol. The fraction of sp³-hybridized carbons (Fsp3) is 0.174. The minimum atomic E-state index is -0.498. The number of nitrogens with zero attached hydrogens (tertiary/aromatic N) is 2. The number of para-hydroxylation sites is 1. The number of thiazole rings is 1. The Labute approximate surface area is 182 Å². The molecule has 2 heterocycles. The molecule has 7 nitrogen and oxygen atoms in total. The van der Waals surface area contributed by atoms with E-state index in [1.54, 1.807) is 32.4 Å². The van der Waals surface area contributed by atoms with Crippen LogP contribution < -0.4 is 20.3 Å². The Kier molecular flexibility index (Phi) is 5.73. The number of rotatable bonds is 6. The maximum Gasteiger partial charge on any atom is 0.271 e. The molecule has 0 saturated heterocycles. The zero-order valence-electron chi connectivity index (χ0n) is 17.3. The third-order valence-corrected chi connectivity index (χ3v) is 5.86. The Hall–Kier alpha value is -3.65. The van der Waals surface area contributed by atoms with Crippen LogP contribution >= 0.6 is 11.3 Å². The predicted octanol–water partition coefficient (Wildman–Crippen LogP) is 4.25. The van der Waals surface area contributed by atoms with Crippen LogP contribution in [0.25, 0.3) is 16.2 Å². The largest absolute Gasteiger partial charge is 0.497 e. The van der Waals surface area contributed by atoms with Crippen molar-refractivity contribution in [2.45, 2.75) is 13.3 Å². The number of aryl methyl sites for hydroxylation is 1. The van der Waals surface area contributed by atoms with Gasteiger partial charge in [-0.05, 0) is 36.2 Å². The van der Waals surface area contributed by atoms with Crippen LogP contribution in [-0.2, 0) is 6.42 Å². The van der Waals surface area contributed by atoms with Gasteiger partial charge in [0.05, 0.1) is 19.9 Å². The molecule has 0 unspecified atom stereocenters. The highest BCUT2D eigenvalue weighted by Gasteiger charge is 2.20.